The highest BCUT2D eigenvalue weighted by atomic mass is 17.0. The van der Waals surface area contributed by atoms with Gasteiger partial charge in [-0.25, -0.2) is 4.79 Å². The largest absolute Gasteiger partial charge is 0.515 e. The molecule has 1 aromatic rings. The minimum atomic E-state index is -1.37. The number of nitro benzene ring substituents is 1. The summed E-state index contributed by atoms with van der Waals surface area (Å²) in [4.78, 5) is 35.6. The fourth-order valence-corrected chi connectivity index (χ4v) is 1.33. The Labute approximate surface area is 118 Å². The highest BCUT2D eigenvalue weighted by Crippen LogP contribution is 2.18. The monoisotopic (exact) mass is 300 g/mol. The summed E-state index contributed by atoms with van der Waals surface area (Å²) >= 11 is 0. The van der Waals surface area contributed by atoms with Crippen molar-refractivity contribution in [3.63, 3.8) is 0 Å². The SMILES string of the molecule is CCCC(OC(=O)Oc1ccc([N+](=O)[O-])cc1)O[N+](=O)[O-]. The summed E-state index contributed by atoms with van der Waals surface area (Å²) in [6, 6.07) is 4.67. The van der Waals surface area contributed by atoms with E-state index in [2.05, 4.69) is 9.57 Å². The van der Waals surface area contributed by atoms with E-state index >= 15 is 0 Å². The van der Waals surface area contributed by atoms with Gasteiger partial charge >= 0.3 is 6.16 Å². The molecule has 10 heteroatoms. The molecule has 0 aromatic heterocycles. The van der Waals surface area contributed by atoms with E-state index in [1.165, 1.54) is 12.1 Å². The summed E-state index contributed by atoms with van der Waals surface area (Å²) in [5.74, 6) is 0.00181. The van der Waals surface area contributed by atoms with Gasteiger partial charge in [0.25, 0.3) is 17.1 Å². The first-order chi connectivity index (χ1) is 9.92. The van der Waals surface area contributed by atoms with Crippen LogP contribution in [0.15, 0.2) is 24.3 Å². The first-order valence-corrected chi connectivity index (χ1v) is 5.86. The Morgan fingerprint density at radius 3 is 2.33 bits per heavy atom. The molecule has 1 aromatic carbocycles. The lowest BCUT2D eigenvalue weighted by Gasteiger charge is -2.14. The Hall–Kier alpha value is -2.91. The molecule has 10 nitrogen and oxygen atoms in total. The van der Waals surface area contributed by atoms with Crippen molar-refractivity contribution in [3.8, 4) is 5.75 Å². The van der Waals surface area contributed by atoms with Crippen LogP contribution in [0.4, 0.5) is 10.5 Å². The number of hydrogen-bond donors (Lipinski definition) is 0. The Morgan fingerprint density at radius 2 is 1.86 bits per heavy atom. The van der Waals surface area contributed by atoms with E-state index in [0.717, 1.165) is 12.1 Å². The van der Waals surface area contributed by atoms with E-state index in [1.54, 1.807) is 6.92 Å². The summed E-state index contributed by atoms with van der Waals surface area (Å²) < 4.78 is 9.35. The molecule has 0 N–H and O–H groups in total. The number of non-ortho nitro benzene ring substituents is 1. The average molecular weight is 300 g/mol. The first-order valence-electron chi connectivity index (χ1n) is 5.86. The van der Waals surface area contributed by atoms with Gasteiger partial charge in [0.05, 0.1) is 4.92 Å². The highest BCUT2D eigenvalue weighted by Gasteiger charge is 2.19. The number of nitro groups is 1. The third-order valence-electron chi connectivity index (χ3n) is 2.20. The van der Waals surface area contributed by atoms with E-state index < -0.39 is 22.5 Å². The summed E-state index contributed by atoms with van der Waals surface area (Å²) in [5, 5.41) is 19.6. The minimum absolute atomic E-state index is 0.00181. The second-order valence-electron chi connectivity index (χ2n) is 3.77. The summed E-state index contributed by atoms with van der Waals surface area (Å²) in [5.41, 5.74) is -0.170. The third-order valence-corrected chi connectivity index (χ3v) is 2.20. The molecule has 114 valence electrons. The molecule has 21 heavy (non-hydrogen) atoms. The van der Waals surface area contributed by atoms with Crippen LogP contribution in [0.25, 0.3) is 0 Å². The molecular weight excluding hydrogens is 288 g/mol. The molecule has 0 amide bonds. The number of carbonyl (C=O) groups is 1. The molecule has 0 aliphatic carbocycles. The quantitative estimate of drug-likeness (QED) is 0.246. The van der Waals surface area contributed by atoms with Gasteiger partial charge in [-0.3, -0.25) is 15.0 Å². The van der Waals surface area contributed by atoms with Gasteiger partial charge in [-0.05, 0) is 12.1 Å². The molecule has 1 unspecified atom stereocenters. The van der Waals surface area contributed by atoms with Gasteiger partial charge in [-0.2, -0.15) is 0 Å². The van der Waals surface area contributed by atoms with Crippen LogP contribution in [0, 0.1) is 20.2 Å². The molecule has 0 saturated heterocycles. The van der Waals surface area contributed by atoms with Crippen molar-refractivity contribution < 1.29 is 29.1 Å². The molecule has 1 rings (SSSR count). The standard InChI is InChI=1S/C11H12N2O8/c1-2-3-10(21-13(17)18)20-11(14)19-9-6-4-8(5-7-9)12(15)16/h4-7,10H,2-3H2,1H3. The van der Waals surface area contributed by atoms with Crippen LogP contribution >= 0.6 is 0 Å². The van der Waals surface area contributed by atoms with Crippen LogP contribution in [0.5, 0.6) is 5.75 Å². The van der Waals surface area contributed by atoms with Gasteiger partial charge in [0.2, 0.25) is 0 Å². The van der Waals surface area contributed by atoms with Crippen molar-refractivity contribution in [3.05, 3.63) is 44.5 Å². The van der Waals surface area contributed by atoms with Crippen molar-refractivity contribution in [1.29, 1.82) is 0 Å². The van der Waals surface area contributed by atoms with Crippen LogP contribution in [-0.4, -0.2) is 22.5 Å². The second kappa shape index (κ2) is 7.62. The van der Waals surface area contributed by atoms with Crippen molar-refractivity contribution in [1.82, 2.24) is 0 Å². The van der Waals surface area contributed by atoms with E-state index in [4.69, 9.17) is 4.74 Å². The van der Waals surface area contributed by atoms with Gasteiger partial charge in [-0.15, -0.1) is 10.1 Å². The van der Waals surface area contributed by atoms with Crippen molar-refractivity contribution in [2.24, 2.45) is 0 Å². The highest BCUT2D eigenvalue weighted by molar-refractivity contribution is 5.64. The molecular formula is C11H12N2O8. The maximum atomic E-state index is 11.4. The van der Waals surface area contributed by atoms with Crippen molar-refractivity contribution in [2.45, 2.75) is 26.1 Å². The van der Waals surface area contributed by atoms with E-state index in [9.17, 15) is 25.0 Å². The van der Waals surface area contributed by atoms with Gasteiger partial charge in [0.1, 0.15) is 5.75 Å². The van der Waals surface area contributed by atoms with Gasteiger partial charge < -0.3 is 9.47 Å². The molecule has 0 aliphatic rings. The van der Waals surface area contributed by atoms with E-state index in [0.29, 0.717) is 6.42 Å². The topological polar surface area (TPSA) is 131 Å². The Bertz CT molecular complexity index is 515. The predicted octanol–water partition coefficient (Wildman–Crippen LogP) is 2.44. The van der Waals surface area contributed by atoms with Crippen LogP contribution in [0.3, 0.4) is 0 Å². The summed E-state index contributed by atoms with van der Waals surface area (Å²) in [7, 11) is 0. The number of ether oxygens (including phenoxy) is 2. The molecule has 0 bridgehead atoms. The third kappa shape index (κ3) is 5.72. The Balaban J connectivity index is 2.58. The first kappa shape index (κ1) is 16.1. The zero-order valence-electron chi connectivity index (χ0n) is 11.0. The van der Waals surface area contributed by atoms with Crippen LogP contribution in [0.1, 0.15) is 19.8 Å². The van der Waals surface area contributed by atoms with Crippen LogP contribution in [0.2, 0.25) is 0 Å². The summed E-state index contributed by atoms with van der Waals surface area (Å²) in [6.45, 7) is 1.72. The van der Waals surface area contributed by atoms with Crippen molar-refractivity contribution >= 4 is 11.8 Å². The van der Waals surface area contributed by atoms with Gasteiger partial charge in [0, 0.05) is 18.6 Å². The second-order valence-corrected chi connectivity index (χ2v) is 3.77. The zero-order valence-corrected chi connectivity index (χ0v) is 11.0. The molecule has 0 heterocycles. The lowest BCUT2D eigenvalue weighted by Crippen LogP contribution is -2.25. The zero-order chi connectivity index (χ0) is 15.8. The lowest BCUT2D eigenvalue weighted by molar-refractivity contribution is -0.779. The molecule has 0 spiro atoms. The number of nitrogens with zero attached hydrogens (tertiary/aromatic N) is 2. The van der Waals surface area contributed by atoms with Crippen molar-refractivity contribution in [2.75, 3.05) is 0 Å². The molecule has 1 atom stereocenters. The fourth-order valence-electron chi connectivity index (χ4n) is 1.33. The van der Waals surface area contributed by atoms with Gasteiger partial charge in [0.15, 0.2) is 0 Å². The molecule has 0 saturated carbocycles. The predicted molar refractivity (Wildman–Crippen MR) is 67.0 cm³/mol. The Kier molecular flexibility index (Phi) is 5.86. The summed E-state index contributed by atoms with van der Waals surface area (Å²) in [6.07, 6.45) is -1.96. The number of benzene rings is 1. The minimum Gasteiger partial charge on any atom is -0.403 e. The molecule has 0 fully saturated rings. The maximum absolute atomic E-state index is 11.4. The fraction of sp³-hybridized carbons (Fsp3) is 0.364. The van der Waals surface area contributed by atoms with E-state index in [1.807, 2.05) is 0 Å². The lowest BCUT2D eigenvalue weighted by atomic mass is 10.3. The van der Waals surface area contributed by atoms with Crippen LogP contribution < -0.4 is 4.74 Å². The van der Waals surface area contributed by atoms with Gasteiger partial charge in [-0.1, -0.05) is 13.3 Å². The maximum Gasteiger partial charge on any atom is 0.515 e. The van der Waals surface area contributed by atoms with E-state index in [-0.39, 0.29) is 17.9 Å². The Morgan fingerprint density at radius 1 is 1.24 bits per heavy atom. The molecule has 0 aliphatic heterocycles. The average Bonchev–Trinajstić information content (AvgIpc) is 2.38. The number of hydrogen-bond acceptors (Lipinski definition) is 8. The number of rotatable bonds is 7. The normalized spacial score (nSPS) is 11.3. The smallest absolute Gasteiger partial charge is 0.403 e. The molecule has 0 radical (unpaired) electrons. The number of carbonyl (C=O) groups excluding carboxylic acids is 1. The van der Waals surface area contributed by atoms with Crippen LogP contribution in [-0.2, 0) is 9.57 Å².